The van der Waals surface area contributed by atoms with E-state index in [-0.39, 0.29) is 41.1 Å². The van der Waals surface area contributed by atoms with Crippen LogP contribution in [0.1, 0.15) is 71.4 Å². The Hall–Kier alpha value is -2.00. The summed E-state index contributed by atoms with van der Waals surface area (Å²) < 4.78 is 47.1. The summed E-state index contributed by atoms with van der Waals surface area (Å²) in [5.74, 6) is -1.20. The second-order valence-corrected chi connectivity index (χ2v) is 11.2. The van der Waals surface area contributed by atoms with Crippen LogP contribution in [0, 0.1) is 17.2 Å². The minimum Gasteiger partial charge on any atom is -0.490 e. The van der Waals surface area contributed by atoms with Crippen LogP contribution in [0.5, 0.6) is 5.75 Å². The Morgan fingerprint density at radius 2 is 1.94 bits per heavy atom. The van der Waals surface area contributed by atoms with Gasteiger partial charge >= 0.3 is 0 Å². The monoisotopic (exact) mass is 456 g/mol. The van der Waals surface area contributed by atoms with Crippen molar-refractivity contribution in [1.82, 2.24) is 10.0 Å². The Balaban J connectivity index is 1.81. The van der Waals surface area contributed by atoms with Gasteiger partial charge in [0.1, 0.15) is 0 Å². The van der Waals surface area contributed by atoms with Crippen LogP contribution >= 0.6 is 0 Å². The van der Waals surface area contributed by atoms with Gasteiger partial charge in [-0.15, -0.1) is 0 Å². The summed E-state index contributed by atoms with van der Waals surface area (Å²) in [6.07, 6.45) is 2.58. The van der Waals surface area contributed by atoms with Crippen molar-refractivity contribution in [2.45, 2.75) is 65.8 Å². The van der Waals surface area contributed by atoms with Gasteiger partial charge in [-0.1, -0.05) is 39.7 Å². The number of amides is 2. The maximum atomic E-state index is 14.0. The molecule has 0 radical (unpaired) electrons. The number of hydrogen-bond donors (Lipinski definition) is 2. The predicted molar refractivity (Wildman–Crippen MR) is 116 cm³/mol. The molecule has 9 heteroatoms. The average molecular weight is 457 g/mol. The zero-order valence-corrected chi connectivity index (χ0v) is 19.5. The van der Waals surface area contributed by atoms with E-state index in [2.05, 4.69) is 10.0 Å². The van der Waals surface area contributed by atoms with Crippen molar-refractivity contribution in [3.8, 4) is 5.75 Å². The highest BCUT2D eigenvalue weighted by molar-refractivity contribution is 7.89. The first kappa shape index (κ1) is 25.3. The maximum absolute atomic E-state index is 14.0. The second-order valence-electron chi connectivity index (χ2n) is 9.36. The molecule has 2 atom stereocenters. The molecule has 1 fully saturated rings. The van der Waals surface area contributed by atoms with Crippen molar-refractivity contribution >= 4 is 21.8 Å². The van der Waals surface area contributed by atoms with Gasteiger partial charge in [-0.25, -0.2) is 17.5 Å². The van der Waals surface area contributed by atoms with E-state index in [4.69, 9.17) is 4.74 Å². The minimum atomic E-state index is -3.52. The van der Waals surface area contributed by atoms with Crippen LogP contribution < -0.4 is 14.8 Å². The molecule has 2 rings (SSSR count). The molecule has 1 aliphatic heterocycles. The Morgan fingerprint density at radius 3 is 2.55 bits per heavy atom. The van der Waals surface area contributed by atoms with Crippen LogP contribution in [0.15, 0.2) is 18.2 Å². The molecule has 174 valence electrons. The highest BCUT2D eigenvalue weighted by Crippen LogP contribution is 2.25. The fraction of sp³-hybridized carbons (Fsp3) is 0.636. The number of halogens is 1. The normalized spacial score (nSPS) is 18.2. The van der Waals surface area contributed by atoms with E-state index in [9.17, 15) is 22.4 Å². The SMILES string of the molecule is C[C@@H](NS(=O)(=O)CCCCCC1CC(=O)NC1=O)c1ccc(F)c(OCC(C)(C)C)c1. The highest BCUT2D eigenvalue weighted by Gasteiger charge is 2.29. The topological polar surface area (TPSA) is 102 Å². The van der Waals surface area contributed by atoms with Crippen molar-refractivity contribution in [3.05, 3.63) is 29.6 Å². The summed E-state index contributed by atoms with van der Waals surface area (Å²) in [6.45, 7) is 7.98. The number of unbranched alkanes of at least 4 members (excludes halogenated alkanes) is 2. The minimum absolute atomic E-state index is 0.0400. The molecular formula is C22H33FN2O5S. The van der Waals surface area contributed by atoms with Gasteiger partial charge < -0.3 is 4.74 Å². The molecule has 0 spiro atoms. The lowest BCUT2D eigenvalue weighted by molar-refractivity contribution is -0.125. The summed E-state index contributed by atoms with van der Waals surface area (Å²) in [6, 6.07) is 3.82. The van der Waals surface area contributed by atoms with Gasteiger partial charge in [0.25, 0.3) is 0 Å². The zero-order valence-electron chi connectivity index (χ0n) is 18.7. The van der Waals surface area contributed by atoms with Gasteiger partial charge in [0, 0.05) is 18.4 Å². The van der Waals surface area contributed by atoms with E-state index in [1.807, 2.05) is 20.8 Å². The smallest absolute Gasteiger partial charge is 0.230 e. The van der Waals surface area contributed by atoms with Crippen LogP contribution in [-0.2, 0) is 19.6 Å². The van der Waals surface area contributed by atoms with Crippen molar-refractivity contribution in [2.75, 3.05) is 12.4 Å². The van der Waals surface area contributed by atoms with Crippen molar-refractivity contribution in [2.24, 2.45) is 11.3 Å². The lowest BCUT2D eigenvalue weighted by Gasteiger charge is -2.20. The van der Waals surface area contributed by atoms with Crippen molar-refractivity contribution in [3.63, 3.8) is 0 Å². The molecule has 0 bridgehead atoms. The number of hydrogen-bond acceptors (Lipinski definition) is 5. The number of benzene rings is 1. The maximum Gasteiger partial charge on any atom is 0.230 e. The zero-order chi connectivity index (χ0) is 23.2. The summed E-state index contributed by atoms with van der Waals surface area (Å²) in [5, 5.41) is 2.28. The first-order chi connectivity index (χ1) is 14.4. The van der Waals surface area contributed by atoms with Gasteiger partial charge in [0.05, 0.1) is 12.4 Å². The number of ether oxygens (including phenoxy) is 1. The number of imide groups is 1. The van der Waals surface area contributed by atoms with E-state index in [0.717, 1.165) is 0 Å². The standard InChI is InChI=1S/C22H33FN2O5S/c1-15(16-9-10-18(23)19(12-16)30-14-22(2,3)4)25-31(28,29)11-7-5-6-8-17-13-20(26)24-21(17)27/h9-10,12,15,17,25H,5-8,11,13-14H2,1-4H3,(H,24,26,27)/t15-,17?/m1/s1. The number of carbonyl (C=O) groups is 2. The third-order valence-corrected chi connectivity index (χ3v) is 6.54. The Kier molecular flexibility index (Phi) is 8.59. The largest absolute Gasteiger partial charge is 0.490 e. The lowest BCUT2D eigenvalue weighted by atomic mass is 9.98. The van der Waals surface area contributed by atoms with E-state index < -0.39 is 21.9 Å². The van der Waals surface area contributed by atoms with Crippen LogP contribution in [0.25, 0.3) is 0 Å². The van der Waals surface area contributed by atoms with Gasteiger partial charge in [0.15, 0.2) is 11.6 Å². The molecule has 0 aromatic heterocycles. The van der Waals surface area contributed by atoms with Gasteiger partial charge in [-0.3, -0.25) is 14.9 Å². The number of rotatable bonds is 11. The fourth-order valence-corrected chi connectivity index (χ4v) is 4.67. The highest BCUT2D eigenvalue weighted by atomic mass is 32.2. The molecule has 1 unspecified atom stereocenters. The molecule has 1 aromatic rings. The molecule has 2 amide bonds. The molecule has 0 aliphatic carbocycles. The summed E-state index contributed by atoms with van der Waals surface area (Å²) in [4.78, 5) is 22.7. The summed E-state index contributed by atoms with van der Waals surface area (Å²) in [7, 11) is -3.52. The molecule has 1 saturated heterocycles. The van der Waals surface area contributed by atoms with E-state index in [0.29, 0.717) is 37.9 Å². The number of nitrogens with one attached hydrogen (secondary N) is 2. The van der Waals surface area contributed by atoms with E-state index in [1.165, 1.54) is 12.1 Å². The van der Waals surface area contributed by atoms with Gasteiger partial charge in [-0.05, 0) is 42.9 Å². The second kappa shape index (κ2) is 10.5. The lowest BCUT2D eigenvalue weighted by Crippen LogP contribution is -2.29. The molecule has 1 heterocycles. The van der Waals surface area contributed by atoms with Crippen LogP contribution in [0.4, 0.5) is 4.39 Å². The molecular weight excluding hydrogens is 423 g/mol. The first-order valence-corrected chi connectivity index (χ1v) is 12.3. The van der Waals surface area contributed by atoms with Crippen LogP contribution in [0.2, 0.25) is 0 Å². The third-order valence-electron chi connectivity index (χ3n) is 5.00. The summed E-state index contributed by atoms with van der Waals surface area (Å²) >= 11 is 0. The van der Waals surface area contributed by atoms with Gasteiger partial charge in [-0.2, -0.15) is 0 Å². The molecule has 31 heavy (non-hydrogen) atoms. The number of sulfonamides is 1. The van der Waals surface area contributed by atoms with Crippen LogP contribution in [0.3, 0.4) is 0 Å². The van der Waals surface area contributed by atoms with Crippen molar-refractivity contribution in [1.29, 1.82) is 0 Å². The third kappa shape index (κ3) is 8.57. The Morgan fingerprint density at radius 1 is 1.23 bits per heavy atom. The quantitative estimate of drug-likeness (QED) is 0.392. The summed E-state index contributed by atoms with van der Waals surface area (Å²) in [5.41, 5.74) is 0.484. The molecule has 2 N–H and O–H groups in total. The molecule has 1 aliphatic rings. The molecule has 1 aromatic carbocycles. The fourth-order valence-electron chi connectivity index (χ4n) is 3.29. The molecule has 7 nitrogen and oxygen atoms in total. The van der Waals surface area contributed by atoms with E-state index >= 15 is 0 Å². The molecule has 0 saturated carbocycles. The number of carbonyl (C=O) groups excluding carboxylic acids is 2. The van der Waals surface area contributed by atoms with E-state index in [1.54, 1.807) is 13.0 Å². The van der Waals surface area contributed by atoms with Gasteiger partial charge in [0.2, 0.25) is 21.8 Å². The average Bonchev–Trinajstić information content (AvgIpc) is 2.96. The Labute approximate surface area is 184 Å². The van der Waals surface area contributed by atoms with Crippen LogP contribution in [-0.4, -0.2) is 32.6 Å². The predicted octanol–water partition coefficient (Wildman–Crippen LogP) is 3.45. The first-order valence-electron chi connectivity index (χ1n) is 10.6. The Bertz CT molecular complexity index is 896. The van der Waals surface area contributed by atoms with Crippen molar-refractivity contribution < 1.29 is 27.1 Å².